The van der Waals surface area contributed by atoms with Crippen molar-refractivity contribution in [2.75, 3.05) is 13.2 Å². The Kier molecular flexibility index (Phi) is 3.38. The predicted octanol–water partition coefficient (Wildman–Crippen LogP) is -1.61. The standard InChI is InChI=1S/C12H15IN2O3/c16-15(17)13-10-4-3-9-7-14-5-1-2-11(14)8-18-12(9)6-10/h3-4,6,11H,1-2,5,7-8H2,(H,16,17)/t11-/m0/s1. The van der Waals surface area contributed by atoms with E-state index in [1.807, 2.05) is 18.2 Å². The van der Waals surface area contributed by atoms with Crippen LogP contribution in [0.3, 0.4) is 0 Å². The Morgan fingerprint density at radius 3 is 3.22 bits per heavy atom. The van der Waals surface area contributed by atoms with Crippen LogP contribution >= 0.6 is 0 Å². The summed E-state index contributed by atoms with van der Waals surface area (Å²) in [5.41, 5.74) is 1.18. The fraction of sp³-hybridized carbons (Fsp3) is 0.500. The van der Waals surface area contributed by atoms with Gasteiger partial charge >= 0.3 is 116 Å². The van der Waals surface area contributed by atoms with E-state index in [4.69, 9.17) is 9.94 Å². The zero-order valence-corrected chi connectivity index (χ0v) is 12.0. The van der Waals surface area contributed by atoms with Gasteiger partial charge in [0, 0.05) is 0 Å². The van der Waals surface area contributed by atoms with E-state index >= 15 is 0 Å². The van der Waals surface area contributed by atoms with Gasteiger partial charge in [-0.25, -0.2) is 0 Å². The third-order valence-electron chi connectivity index (χ3n) is 3.50. The Morgan fingerprint density at radius 2 is 2.39 bits per heavy atom. The van der Waals surface area contributed by atoms with Crippen molar-refractivity contribution in [3.8, 4) is 5.75 Å². The molecule has 1 atom stereocenters. The SMILES string of the molecule is O=[N+](O)[I-]c1ccc2c(c1)OC[C@@H]1CCCN1C2. The van der Waals surface area contributed by atoms with E-state index in [0.717, 1.165) is 29.0 Å². The summed E-state index contributed by atoms with van der Waals surface area (Å²) in [5.74, 6) is 0.878. The molecule has 3 rings (SSSR count). The zero-order chi connectivity index (χ0) is 12.5. The minimum atomic E-state index is -1.03. The molecule has 0 bridgehead atoms. The summed E-state index contributed by atoms with van der Waals surface area (Å²) in [7, 11) is 0. The van der Waals surface area contributed by atoms with Gasteiger partial charge in [0.05, 0.1) is 0 Å². The van der Waals surface area contributed by atoms with Crippen molar-refractivity contribution in [2.24, 2.45) is 0 Å². The van der Waals surface area contributed by atoms with Crippen LogP contribution in [-0.2, 0) is 6.54 Å². The molecular weight excluding hydrogens is 347 g/mol. The first-order chi connectivity index (χ1) is 8.72. The van der Waals surface area contributed by atoms with E-state index in [1.165, 1.54) is 18.4 Å². The first-order valence-electron chi connectivity index (χ1n) is 6.03. The maximum absolute atomic E-state index is 10.7. The summed E-state index contributed by atoms with van der Waals surface area (Å²) in [6, 6.07) is 6.39. The van der Waals surface area contributed by atoms with Crippen LogP contribution < -0.4 is 26.2 Å². The van der Waals surface area contributed by atoms with E-state index < -0.39 is 21.5 Å². The maximum atomic E-state index is 10.7. The second-order valence-electron chi connectivity index (χ2n) is 4.64. The van der Waals surface area contributed by atoms with Crippen molar-refractivity contribution in [1.82, 2.24) is 4.90 Å². The van der Waals surface area contributed by atoms with E-state index in [-0.39, 0.29) is 3.14 Å². The number of ether oxygens (including phenoxy) is 1. The second kappa shape index (κ2) is 5.00. The summed E-state index contributed by atoms with van der Waals surface area (Å²) in [4.78, 5) is 13.1. The van der Waals surface area contributed by atoms with E-state index in [1.54, 1.807) is 0 Å². The summed E-state index contributed by atoms with van der Waals surface area (Å²) in [6.07, 6.45) is 2.46. The van der Waals surface area contributed by atoms with Crippen LogP contribution in [-0.4, -0.2) is 32.4 Å². The molecule has 1 saturated heterocycles. The van der Waals surface area contributed by atoms with Crippen molar-refractivity contribution in [3.63, 3.8) is 0 Å². The van der Waals surface area contributed by atoms with Gasteiger partial charge in [0.15, 0.2) is 0 Å². The number of fused-ring (bicyclic) bond motifs is 2. The van der Waals surface area contributed by atoms with Crippen LogP contribution in [0.5, 0.6) is 5.75 Å². The first-order valence-corrected chi connectivity index (χ1v) is 8.08. The number of hydrogen-bond donors (Lipinski definition) is 1. The molecule has 98 valence electrons. The molecule has 6 heteroatoms. The summed E-state index contributed by atoms with van der Waals surface area (Å²) in [5, 5.41) is 8.77. The molecule has 5 nitrogen and oxygen atoms in total. The number of hydrogen-bond acceptors (Lipinski definition) is 3. The molecule has 0 saturated carbocycles. The Labute approximate surface area is 116 Å². The van der Waals surface area contributed by atoms with Gasteiger partial charge in [-0.05, 0) is 0 Å². The molecule has 2 heterocycles. The second-order valence-corrected chi connectivity index (χ2v) is 7.19. The molecular formula is C12H15IN2O3. The summed E-state index contributed by atoms with van der Waals surface area (Å²) in [6.45, 7) is 2.81. The van der Waals surface area contributed by atoms with Crippen LogP contribution in [0.1, 0.15) is 18.4 Å². The Morgan fingerprint density at radius 1 is 1.50 bits per heavy atom. The normalized spacial score (nSPS) is 23.0. The van der Waals surface area contributed by atoms with Crippen LogP contribution in [0.4, 0.5) is 0 Å². The molecule has 0 unspecified atom stereocenters. The van der Waals surface area contributed by atoms with Crippen molar-refractivity contribution < 1.29 is 34.6 Å². The van der Waals surface area contributed by atoms with Crippen molar-refractivity contribution >= 4 is 0 Å². The van der Waals surface area contributed by atoms with Gasteiger partial charge < -0.3 is 0 Å². The zero-order valence-electron chi connectivity index (χ0n) is 9.88. The fourth-order valence-electron chi connectivity index (χ4n) is 2.63. The Hall–Kier alpha value is -0.890. The molecule has 1 fully saturated rings. The minimum absolute atomic E-state index is 0.0511. The van der Waals surface area contributed by atoms with Gasteiger partial charge in [-0.1, -0.05) is 0 Å². The van der Waals surface area contributed by atoms with E-state index in [2.05, 4.69) is 4.90 Å². The molecule has 18 heavy (non-hydrogen) atoms. The molecule has 1 aromatic rings. The van der Waals surface area contributed by atoms with Gasteiger partial charge in [0.1, 0.15) is 0 Å². The number of benzene rings is 1. The van der Waals surface area contributed by atoms with E-state index in [0.29, 0.717) is 6.04 Å². The van der Waals surface area contributed by atoms with Crippen molar-refractivity contribution in [2.45, 2.75) is 25.4 Å². The van der Waals surface area contributed by atoms with E-state index in [9.17, 15) is 4.91 Å². The van der Waals surface area contributed by atoms with Crippen LogP contribution in [0.25, 0.3) is 0 Å². The van der Waals surface area contributed by atoms with Gasteiger partial charge in [0.2, 0.25) is 0 Å². The first kappa shape index (κ1) is 12.2. The summed E-state index contributed by atoms with van der Waals surface area (Å²) >= 11 is -1.03. The quantitative estimate of drug-likeness (QED) is 0.391. The van der Waals surface area contributed by atoms with Gasteiger partial charge in [-0.3, -0.25) is 0 Å². The van der Waals surface area contributed by atoms with Gasteiger partial charge in [-0.2, -0.15) is 0 Å². The molecule has 0 radical (unpaired) electrons. The monoisotopic (exact) mass is 362 g/mol. The van der Waals surface area contributed by atoms with Gasteiger partial charge in [-0.15, -0.1) is 0 Å². The molecule has 2 aliphatic rings. The molecule has 0 spiro atoms. The topological polar surface area (TPSA) is 52.8 Å². The Balaban J connectivity index is 1.84. The molecule has 0 amide bonds. The fourth-order valence-corrected chi connectivity index (χ4v) is 3.87. The van der Waals surface area contributed by atoms with Crippen molar-refractivity contribution in [1.29, 1.82) is 0 Å². The average Bonchev–Trinajstić information content (AvgIpc) is 2.69. The molecule has 0 aliphatic carbocycles. The Bertz CT molecular complexity index is 480. The van der Waals surface area contributed by atoms with Crippen molar-refractivity contribution in [3.05, 3.63) is 32.2 Å². The van der Waals surface area contributed by atoms with Crippen LogP contribution in [0.15, 0.2) is 18.2 Å². The molecule has 1 aromatic carbocycles. The number of halogens is 1. The molecule has 2 aliphatic heterocycles. The summed E-state index contributed by atoms with van der Waals surface area (Å²) < 4.78 is 6.79. The molecule has 1 N–H and O–H groups in total. The molecule has 0 aromatic heterocycles. The van der Waals surface area contributed by atoms with Crippen LogP contribution in [0.2, 0.25) is 0 Å². The number of nitrogens with zero attached hydrogens (tertiary/aromatic N) is 2. The third-order valence-corrected chi connectivity index (χ3v) is 5.14. The predicted molar refractivity (Wildman–Crippen MR) is 59.5 cm³/mol. The van der Waals surface area contributed by atoms with Gasteiger partial charge in [0.25, 0.3) is 0 Å². The number of rotatable bonds is 2. The average molecular weight is 362 g/mol. The third kappa shape index (κ3) is 2.44. The van der Waals surface area contributed by atoms with Crippen LogP contribution in [0, 0.1) is 8.48 Å².